The molecule has 1 aromatic heterocycles. The summed E-state index contributed by atoms with van der Waals surface area (Å²) in [6.45, 7) is 0. The highest BCUT2D eigenvalue weighted by molar-refractivity contribution is 6.29. The minimum Gasteiger partial charge on any atom is -0.251 e. The lowest BCUT2D eigenvalue weighted by molar-refractivity contribution is 1.21. The first-order valence-corrected chi connectivity index (χ1v) is 10.5. The Morgan fingerprint density at radius 1 is 0.452 bits per heavy atom. The van der Waals surface area contributed by atoms with Crippen molar-refractivity contribution in [3.63, 3.8) is 0 Å². The van der Waals surface area contributed by atoms with Gasteiger partial charge in [0, 0.05) is 11.1 Å². The van der Waals surface area contributed by atoms with Crippen molar-refractivity contribution < 1.29 is 0 Å². The fraction of sp³-hybridized carbons (Fsp3) is 0. The molecule has 3 heteroatoms. The molecule has 0 radical (unpaired) electrons. The summed E-state index contributed by atoms with van der Waals surface area (Å²) in [5.41, 5.74) is 8.08. The Morgan fingerprint density at radius 3 is 1.39 bits per heavy atom. The van der Waals surface area contributed by atoms with Crippen LogP contribution in [0.3, 0.4) is 0 Å². The van der Waals surface area contributed by atoms with E-state index < -0.39 is 0 Å². The van der Waals surface area contributed by atoms with E-state index in [2.05, 4.69) is 48.5 Å². The normalized spacial score (nSPS) is 10.7. The fourth-order valence-corrected chi connectivity index (χ4v) is 4.00. The standard InChI is InChI=1S/C28H19ClN2/c29-26-19-30-27(24-17-9-7-15-22(24)20-11-3-1-4-12-20)28(31-26)25-18-10-8-16-23(25)21-13-5-2-6-14-21/h1-19H. The fourth-order valence-electron chi connectivity index (χ4n) is 3.87. The van der Waals surface area contributed by atoms with E-state index in [9.17, 15) is 0 Å². The molecule has 0 spiro atoms. The van der Waals surface area contributed by atoms with E-state index in [-0.39, 0.29) is 0 Å². The monoisotopic (exact) mass is 418 g/mol. The molecule has 0 saturated heterocycles. The van der Waals surface area contributed by atoms with Crippen LogP contribution in [0.4, 0.5) is 0 Å². The van der Waals surface area contributed by atoms with Crippen LogP contribution in [0.15, 0.2) is 115 Å². The van der Waals surface area contributed by atoms with Crippen molar-refractivity contribution in [2.45, 2.75) is 0 Å². The molecule has 0 unspecified atom stereocenters. The molecule has 4 aromatic carbocycles. The van der Waals surface area contributed by atoms with E-state index in [0.717, 1.165) is 44.8 Å². The highest BCUT2D eigenvalue weighted by atomic mass is 35.5. The Balaban J connectivity index is 1.76. The summed E-state index contributed by atoms with van der Waals surface area (Å²) < 4.78 is 0. The van der Waals surface area contributed by atoms with Crippen LogP contribution < -0.4 is 0 Å². The summed E-state index contributed by atoms with van der Waals surface area (Å²) in [7, 11) is 0. The molecule has 0 atom stereocenters. The van der Waals surface area contributed by atoms with Crippen molar-refractivity contribution in [1.82, 2.24) is 9.97 Å². The Bertz CT molecular complexity index is 1330. The Kier molecular flexibility index (Phi) is 5.30. The van der Waals surface area contributed by atoms with Gasteiger partial charge in [0.05, 0.1) is 17.6 Å². The summed E-state index contributed by atoms with van der Waals surface area (Å²) in [6, 6.07) is 37.2. The van der Waals surface area contributed by atoms with Crippen LogP contribution in [0.2, 0.25) is 5.15 Å². The maximum absolute atomic E-state index is 6.34. The minimum atomic E-state index is 0.374. The van der Waals surface area contributed by atoms with Gasteiger partial charge in [-0.25, -0.2) is 4.98 Å². The number of rotatable bonds is 4. The zero-order chi connectivity index (χ0) is 21.0. The first-order chi connectivity index (χ1) is 15.3. The second-order valence-corrected chi connectivity index (χ2v) is 7.60. The second-order valence-electron chi connectivity index (χ2n) is 7.21. The lowest BCUT2D eigenvalue weighted by Crippen LogP contribution is -1.97. The molecule has 0 saturated carbocycles. The van der Waals surface area contributed by atoms with Crippen LogP contribution in [-0.4, -0.2) is 9.97 Å². The zero-order valence-electron chi connectivity index (χ0n) is 16.7. The SMILES string of the molecule is Clc1cnc(-c2ccccc2-c2ccccc2)c(-c2ccccc2-c2ccccc2)n1. The maximum atomic E-state index is 6.34. The van der Waals surface area contributed by atoms with Gasteiger partial charge in [0.25, 0.3) is 0 Å². The van der Waals surface area contributed by atoms with Crippen LogP contribution in [-0.2, 0) is 0 Å². The van der Waals surface area contributed by atoms with Crippen LogP contribution in [0.25, 0.3) is 44.8 Å². The van der Waals surface area contributed by atoms with E-state index in [0.29, 0.717) is 5.15 Å². The van der Waals surface area contributed by atoms with Crippen molar-refractivity contribution in [2.24, 2.45) is 0 Å². The molecule has 31 heavy (non-hydrogen) atoms. The van der Waals surface area contributed by atoms with Gasteiger partial charge in [-0.1, -0.05) is 121 Å². The highest BCUT2D eigenvalue weighted by Gasteiger charge is 2.18. The van der Waals surface area contributed by atoms with E-state index in [1.165, 1.54) is 0 Å². The van der Waals surface area contributed by atoms with E-state index in [4.69, 9.17) is 21.6 Å². The minimum absolute atomic E-state index is 0.374. The van der Waals surface area contributed by atoms with Gasteiger partial charge in [-0.2, -0.15) is 0 Å². The topological polar surface area (TPSA) is 25.8 Å². The average molecular weight is 419 g/mol. The first-order valence-electron chi connectivity index (χ1n) is 10.1. The molecule has 0 amide bonds. The number of halogens is 1. The van der Waals surface area contributed by atoms with E-state index in [1.54, 1.807) is 6.20 Å². The molecule has 1 heterocycles. The van der Waals surface area contributed by atoms with Crippen LogP contribution in [0, 0.1) is 0 Å². The second kappa shape index (κ2) is 8.55. The lowest BCUT2D eigenvalue weighted by Gasteiger charge is -2.15. The Hall–Kier alpha value is -3.75. The van der Waals surface area contributed by atoms with Gasteiger partial charge < -0.3 is 0 Å². The van der Waals surface area contributed by atoms with Gasteiger partial charge in [0.2, 0.25) is 0 Å². The summed E-state index contributed by atoms with van der Waals surface area (Å²) in [5, 5.41) is 0.374. The lowest BCUT2D eigenvalue weighted by atomic mass is 9.92. The first kappa shape index (κ1) is 19.2. The maximum Gasteiger partial charge on any atom is 0.148 e. The molecule has 5 aromatic rings. The van der Waals surface area contributed by atoms with Crippen molar-refractivity contribution in [3.8, 4) is 44.8 Å². The van der Waals surface area contributed by atoms with Crippen LogP contribution in [0.1, 0.15) is 0 Å². The van der Waals surface area contributed by atoms with Gasteiger partial charge in [-0.15, -0.1) is 0 Å². The van der Waals surface area contributed by atoms with Crippen molar-refractivity contribution >= 4 is 11.6 Å². The molecule has 0 N–H and O–H groups in total. The van der Waals surface area contributed by atoms with Gasteiger partial charge in [-0.05, 0) is 22.3 Å². The van der Waals surface area contributed by atoms with Gasteiger partial charge in [0.1, 0.15) is 5.15 Å². The third-order valence-corrected chi connectivity index (χ3v) is 5.46. The molecule has 5 rings (SSSR count). The van der Waals surface area contributed by atoms with Gasteiger partial charge >= 0.3 is 0 Å². The van der Waals surface area contributed by atoms with Gasteiger partial charge in [0.15, 0.2) is 0 Å². The number of benzene rings is 4. The zero-order valence-corrected chi connectivity index (χ0v) is 17.5. The van der Waals surface area contributed by atoms with E-state index >= 15 is 0 Å². The Labute approximate surface area is 186 Å². The predicted octanol–water partition coefficient (Wildman–Crippen LogP) is 7.80. The number of hydrogen-bond acceptors (Lipinski definition) is 2. The molecule has 148 valence electrons. The quantitative estimate of drug-likeness (QED) is 0.297. The van der Waals surface area contributed by atoms with Crippen LogP contribution >= 0.6 is 11.6 Å². The largest absolute Gasteiger partial charge is 0.251 e. The number of aromatic nitrogens is 2. The van der Waals surface area contributed by atoms with Crippen molar-refractivity contribution in [2.75, 3.05) is 0 Å². The third kappa shape index (κ3) is 3.86. The molecular weight excluding hydrogens is 400 g/mol. The average Bonchev–Trinajstić information content (AvgIpc) is 2.85. The molecule has 0 aliphatic rings. The summed E-state index contributed by atoms with van der Waals surface area (Å²) >= 11 is 6.34. The molecule has 0 aliphatic heterocycles. The highest BCUT2D eigenvalue weighted by Crippen LogP contribution is 2.39. The summed E-state index contributed by atoms with van der Waals surface area (Å²) in [5.74, 6) is 0. The molecule has 2 nitrogen and oxygen atoms in total. The smallest absolute Gasteiger partial charge is 0.148 e. The van der Waals surface area contributed by atoms with Gasteiger partial charge in [-0.3, -0.25) is 4.98 Å². The third-order valence-electron chi connectivity index (χ3n) is 5.28. The van der Waals surface area contributed by atoms with Crippen molar-refractivity contribution in [1.29, 1.82) is 0 Å². The molecular formula is C28H19ClN2. The summed E-state index contributed by atoms with van der Waals surface area (Å²) in [6.07, 6.45) is 1.62. The number of hydrogen-bond donors (Lipinski definition) is 0. The molecule has 0 fully saturated rings. The molecule has 0 bridgehead atoms. The molecule has 0 aliphatic carbocycles. The predicted molar refractivity (Wildman–Crippen MR) is 129 cm³/mol. The van der Waals surface area contributed by atoms with E-state index in [1.807, 2.05) is 60.7 Å². The summed E-state index contributed by atoms with van der Waals surface area (Å²) in [4.78, 5) is 9.49. The Morgan fingerprint density at radius 2 is 0.871 bits per heavy atom. The number of nitrogens with zero attached hydrogens (tertiary/aromatic N) is 2. The van der Waals surface area contributed by atoms with Crippen LogP contribution in [0.5, 0.6) is 0 Å². The van der Waals surface area contributed by atoms with Crippen molar-refractivity contribution in [3.05, 3.63) is 121 Å².